The quantitative estimate of drug-likeness (QED) is 0.173. The Balaban J connectivity index is 2.08. The van der Waals surface area contributed by atoms with Gasteiger partial charge in [-0.3, -0.25) is 0 Å². The number of hydrogen-bond donors (Lipinski definition) is 0. The Kier molecular flexibility index (Phi) is 10.2. The van der Waals surface area contributed by atoms with E-state index in [2.05, 4.69) is 107 Å². The molecule has 0 aromatic heterocycles. The first-order valence-corrected chi connectivity index (χ1v) is 15.3. The van der Waals surface area contributed by atoms with Crippen molar-refractivity contribution in [3.05, 3.63) is 96.6 Å². The maximum atomic E-state index is 7.18. The largest absolute Gasteiger partial charge is 0.496 e. The van der Waals surface area contributed by atoms with Crippen molar-refractivity contribution in [1.29, 1.82) is 0 Å². The minimum Gasteiger partial charge on any atom is -0.496 e. The lowest BCUT2D eigenvalue weighted by Crippen LogP contribution is -2.66. The molecule has 0 bridgehead atoms. The molecule has 0 amide bonds. The lowest BCUT2D eigenvalue weighted by atomic mass is 9.88. The van der Waals surface area contributed by atoms with Crippen molar-refractivity contribution in [2.45, 2.75) is 70.9 Å². The van der Waals surface area contributed by atoms with Gasteiger partial charge in [0, 0.05) is 5.56 Å². The molecule has 0 heterocycles. The van der Waals surface area contributed by atoms with E-state index < -0.39 is 8.32 Å². The Morgan fingerprint density at radius 2 is 1.38 bits per heavy atom. The van der Waals surface area contributed by atoms with Gasteiger partial charge in [0.1, 0.15) is 11.5 Å². The summed E-state index contributed by atoms with van der Waals surface area (Å²) in [5.41, 5.74) is 2.19. The summed E-state index contributed by atoms with van der Waals surface area (Å²) in [6, 6.07) is 25.8. The topological polar surface area (TPSA) is 27.7 Å². The summed E-state index contributed by atoms with van der Waals surface area (Å²) < 4.78 is 19.1. The number of allylic oxidation sites excluding steroid dienone is 1. The number of rotatable bonds is 13. The van der Waals surface area contributed by atoms with Crippen LogP contribution in [0.4, 0.5) is 0 Å². The minimum atomic E-state index is -2.65. The zero-order valence-corrected chi connectivity index (χ0v) is 24.6. The smallest absolute Gasteiger partial charge is 0.261 e. The molecule has 3 rings (SSSR count). The van der Waals surface area contributed by atoms with E-state index in [1.165, 1.54) is 10.4 Å². The molecule has 3 aromatic carbocycles. The summed E-state index contributed by atoms with van der Waals surface area (Å²) in [6.45, 7) is 13.6. The van der Waals surface area contributed by atoms with Gasteiger partial charge in [-0.1, -0.05) is 107 Å². The first-order chi connectivity index (χ1) is 17.8. The second-order valence-corrected chi connectivity index (χ2v) is 15.0. The van der Waals surface area contributed by atoms with Crippen LogP contribution in [0.3, 0.4) is 0 Å². The highest BCUT2D eigenvalue weighted by atomic mass is 28.4. The second-order valence-electron chi connectivity index (χ2n) is 10.7. The molecule has 37 heavy (non-hydrogen) atoms. The van der Waals surface area contributed by atoms with Crippen molar-refractivity contribution in [2.24, 2.45) is 0 Å². The number of methoxy groups -OCH3 is 2. The van der Waals surface area contributed by atoms with Gasteiger partial charge >= 0.3 is 0 Å². The molecule has 1 atom stereocenters. The molecule has 0 unspecified atom stereocenters. The third-order valence-corrected chi connectivity index (χ3v) is 12.2. The molecule has 0 aliphatic carbocycles. The molecule has 3 nitrogen and oxygen atoms in total. The van der Waals surface area contributed by atoms with Crippen LogP contribution in [0.5, 0.6) is 11.5 Å². The monoisotopic (exact) mass is 516 g/mol. The summed E-state index contributed by atoms with van der Waals surface area (Å²) in [6.07, 6.45) is 6.28. The zero-order valence-electron chi connectivity index (χ0n) is 23.6. The van der Waals surface area contributed by atoms with Crippen molar-refractivity contribution in [1.82, 2.24) is 0 Å². The molecule has 0 fully saturated rings. The summed E-state index contributed by atoms with van der Waals surface area (Å²) in [7, 11) is 0.844. The molecule has 0 N–H and O–H groups in total. The highest BCUT2D eigenvalue weighted by Gasteiger charge is 2.50. The highest BCUT2D eigenvalue weighted by Crippen LogP contribution is 2.42. The van der Waals surface area contributed by atoms with Crippen molar-refractivity contribution in [3.8, 4) is 11.5 Å². The molecule has 0 spiro atoms. The fourth-order valence-electron chi connectivity index (χ4n) is 5.46. The Bertz CT molecular complexity index is 1050. The van der Waals surface area contributed by atoms with E-state index in [1.54, 1.807) is 14.2 Å². The van der Waals surface area contributed by atoms with Gasteiger partial charge in [-0.25, -0.2) is 0 Å². The fraction of sp³-hybridized carbons (Fsp3) is 0.394. The van der Waals surface area contributed by atoms with Crippen LogP contribution in [0.25, 0.3) is 0 Å². The van der Waals surface area contributed by atoms with Crippen LogP contribution in [0.15, 0.2) is 85.5 Å². The molecule has 0 aliphatic rings. The summed E-state index contributed by atoms with van der Waals surface area (Å²) in [5, 5.41) is 2.46. The molecule has 198 valence electrons. The van der Waals surface area contributed by atoms with Crippen LogP contribution in [-0.2, 0) is 11.0 Å². The normalized spacial score (nSPS) is 12.7. The van der Waals surface area contributed by atoms with Gasteiger partial charge in [0.2, 0.25) is 0 Å². The summed E-state index contributed by atoms with van der Waals surface area (Å²) in [4.78, 5) is 0. The fourth-order valence-corrected chi connectivity index (χ4v) is 10.0. The second kappa shape index (κ2) is 13.1. The van der Waals surface area contributed by atoms with Crippen molar-refractivity contribution < 1.29 is 13.9 Å². The van der Waals surface area contributed by atoms with Crippen LogP contribution in [-0.4, -0.2) is 22.5 Å². The third-order valence-electron chi connectivity index (χ3n) is 7.24. The average molecular weight is 517 g/mol. The molecule has 4 heteroatoms. The van der Waals surface area contributed by atoms with Gasteiger partial charge in [-0.2, -0.15) is 0 Å². The number of benzene rings is 3. The van der Waals surface area contributed by atoms with Gasteiger partial charge in [-0.05, 0) is 51.9 Å². The lowest BCUT2D eigenvalue weighted by Gasteiger charge is -2.43. The molecule has 0 saturated heterocycles. The van der Waals surface area contributed by atoms with Gasteiger partial charge in [0.25, 0.3) is 8.32 Å². The van der Waals surface area contributed by atoms with E-state index in [0.717, 1.165) is 48.3 Å². The maximum Gasteiger partial charge on any atom is 0.261 e. The van der Waals surface area contributed by atoms with E-state index >= 15 is 0 Å². The highest BCUT2D eigenvalue weighted by molar-refractivity contribution is 6.99. The first kappa shape index (κ1) is 28.7. The van der Waals surface area contributed by atoms with Crippen LogP contribution < -0.4 is 19.8 Å². The predicted molar refractivity (Wildman–Crippen MR) is 159 cm³/mol. The molecule has 3 aromatic rings. The van der Waals surface area contributed by atoms with Crippen LogP contribution in [0.1, 0.15) is 70.4 Å². The standard InChI is InChI=1S/C33H44O3Si/c1-8-10-18-27(17-9-2)32-30(34-6)23-26(24-31(32)35-7)25-36-37(33(3,4)5,28-19-13-11-14-20-28)29-21-15-12-16-22-29/h9,11-16,19-24,27H,2,8,10,17-18,25H2,1,3-7H3/t27-/m1/s1. The van der Waals surface area contributed by atoms with E-state index in [4.69, 9.17) is 13.9 Å². The Hall–Kier alpha value is -2.82. The third kappa shape index (κ3) is 6.37. The van der Waals surface area contributed by atoms with Gasteiger partial charge < -0.3 is 13.9 Å². The van der Waals surface area contributed by atoms with Gasteiger partial charge in [0.05, 0.1) is 20.8 Å². The molecule has 0 saturated carbocycles. The zero-order chi connectivity index (χ0) is 26.9. The number of hydrogen-bond acceptors (Lipinski definition) is 3. The Labute approximate surface area is 225 Å². The Morgan fingerprint density at radius 1 is 0.865 bits per heavy atom. The van der Waals surface area contributed by atoms with E-state index in [1.807, 2.05) is 6.08 Å². The van der Waals surface area contributed by atoms with Crippen LogP contribution in [0.2, 0.25) is 5.04 Å². The Morgan fingerprint density at radius 3 is 1.78 bits per heavy atom. The van der Waals surface area contributed by atoms with Crippen molar-refractivity contribution in [2.75, 3.05) is 14.2 Å². The number of unbranched alkanes of at least 4 members (excludes halogenated alkanes) is 1. The van der Waals surface area contributed by atoms with Crippen molar-refractivity contribution >= 4 is 18.7 Å². The first-order valence-electron chi connectivity index (χ1n) is 13.4. The van der Waals surface area contributed by atoms with Gasteiger partial charge in [0.15, 0.2) is 0 Å². The molecule has 0 radical (unpaired) electrons. The van der Waals surface area contributed by atoms with Crippen molar-refractivity contribution in [3.63, 3.8) is 0 Å². The van der Waals surface area contributed by atoms with E-state index in [0.29, 0.717) is 12.5 Å². The molecule has 0 aliphatic heterocycles. The maximum absolute atomic E-state index is 7.18. The lowest BCUT2D eigenvalue weighted by molar-refractivity contribution is 0.284. The SMILES string of the molecule is C=CC[C@H](CCCC)c1c(OC)cc(CO[Si](c2ccccc2)(c2ccccc2)C(C)(C)C)cc1OC. The van der Waals surface area contributed by atoms with E-state index in [-0.39, 0.29) is 5.04 Å². The summed E-state index contributed by atoms with van der Waals surface area (Å²) >= 11 is 0. The minimum absolute atomic E-state index is 0.0843. The molecular formula is C33H44O3Si. The predicted octanol–water partition coefficient (Wildman–Crippen LogP) is 7.63. The average Bonchev–Trinajstić information content (AvgIpc) is 2.91. The van der Waals surface area contributed by atoms with Gasteiger partial charge in [-0.15, -0.1) is 6.58 Å². The number of ether oxygens (including phenoxy) is 2. The van der Waals surface area contributed by atoms with Crippen LogP contribution in [0, 0.1) is 0 Å². The van der Waals surface area contributed by atoms with E-state index in [9.17, 15) is 0 Å². The molecular weight excluding hydrogens is 472 g/mol. The summed E-state index contributed by atoms with van der Waals surface area (Å²) in [5.74, 6) is 2.04. The van der Waals surface area contributed by atoms with Crippen LogP contribution >= 0.6 is 0 Å².